The molecule has 0 aromatic carbocycles. The van der Waals surface area contributed by atoms with Gasteiger partial charge in [-0.05, 0) is 5.41 Å². The third-order valence-electron chi connectivity index (χ3n) is 2.30. The van der Waals surface area contributed by atoms with Crippen molar-refractivity contribution in [2.45, 2.75) is 33.2 Å². The van der Waals surface area contributed by atoms with Crippen LogP contribution in [0.25, 0.3) is 0 Å². The number of nitrogens with one attached hydrogen (secondary N) is 1. The fraction of sp³-hybridized carbons (Fsp3) is 0.900. The molecule has 0 spiro atoms. The normalized spacial score (nSPS) is 18.4. The molecule has 1 heterocycles. The van der Waals surface area contributed by atoms with E-state index in [0.717, 1.165) is 6.26 Å². The lowest BCUT2D eigenvalue weighted by Gasteiger charge is -2.40. The summed E-state index contributed by atoms with van der Waals surface area (Å²) < 4.78 is 24.3. The van der Waals surface area contributed by atoms with E-state index >= 15 is 0 Å². The molecular formula is C10H20N2O3S. The van der Waals surface area contributed by atoms with Crippen molar-refractivity contribution in [3.8, 4) is 0 Å². The summed E-state index contributed by atoms with van der Waals surface area (Å²) in [6.07, 6.45) is 1.63. The molecule has 0 radical (unpaired) electrons. The molecule has 0 aromatic rings. The highest BCUT2D eigenvalue weighted by Gasteiger charge is 2.33. The SMILES string of the molecule is CC(C)(C)CC(=O)N1CC(NS(C)(=O)=O)C1. The monoisotopic (exact) mass is 248 g/mol. The van der Waals surface area contributed by atoms with Gasteiger partial charge in [0.05, 0.1) is 12.3 Å². The Kier molecular flexibility index (Phi) is 3.64. The van der Waals surface area contributed by atoms with Crippen molar-refractivity contribution < 1.29 is 13.2 Å². The number of carbonyl (C=O) groups is 1. The van der Waals surface area contributed by atoms with Crippen molar-refractivity contribution in [1.82, 2.24) is 9.62 Å². The van der Waals surface area contributed by atoms with Crippen LogP contribution in [0.2, 0.25) is 0 Å². The molecule has 1 saturated heterocycles. The zero-order valence-corrected chi connectivity index (χ0v) is 11.1. The van der Waals surface area contributed by atoms with E-state index in [1.807, 2.05) is 20.8 Å². The van der Waals surface area contributed by atoms with Gasteiger partial charge in [0.1, 0.15) is 0 Å². The fourth-order valence-electron chi connectivity index (χ4n) is 1.62. The Balaban J connectivity index is 2.34. The van der Waals surface area contributed by atoms with Crippen molar-refractivity contribution in [3.63, 3.8) is 0 Å². The van der Waals surface area contributed by atoms with Gasteiger partial charge in [0.15, 0.2) is 0 Å². The largest absolute Gasteiger partial charge is 0.339 e. The fourth-order valence-corrected chi connectivity index (χ4v) is 2.38. The Morgan fingerprint density at radius 2 is 1.88 bits per heavy atom. The van der Waals surface area contributed by atoms with Crippen LogP contribution >= 0.6 is 0 Å². The smallest absolute Gasteiger partial charge is 0.223 e. The van der Waals surface area contributed by atoms with Crippen LogP contribution < -0.4 is 4.72 Å². The zero-order chi connectivity index (χ0) is 12.6. The van der Waals surface area contributed by atoms with E-state index in [0.29, 0.717) is 19.5 Å². The van der Waals surface area contributed by atoms with Crippen LogP contribution in [0, 0.1) is 5.41 Å². The van der Waals surface area contributed by atoms with Crippen molar-refractivity contribution in [1.29, 1.82) is 0 Å². The first kappa shape index (κ1) is 13.4. The summed E-state index contributed by atoms with van der Waals surface area (Å²) in [5.74, 6) is 0.0963. The lowest BCUT2D eigenvalue weighted by Crippen LogP contribution is -2.61. The molecule has 1 N–H and O–H groups in total. The van der Waals surface area contributed by atoms with E-state index in [2.05, 4.69) is 4.72 Å². The number of hydrogen-bond donors (Lipinski definition) is 1. The Labute approximate surface area is 97.2 Å². The molecular weight excluding hydrogens is 228 g/mol. The molecule has 0 aromatic heterocycles. The zero-order valence-electron chi connectivity index (χ0n) is 10.3. The molecule has 5 nitrogen and oxygen atoms in total. The van der Waals surface area contributed by atoms with Crippen molar-refractivity contribution >= 4 is 15.9 Å². The molecule has 1 rings (SSSR count). The molecule has 0 bridgehead atoms. The first-order valence-electron chi connectivity index (χ1n) is 5.32. The summed E-state index contributed by atoms with van der Waals surface area (Å²) in [6.45, 7) is 7.01. The number of carbonyl (C=O) groups excluding carboxylic acids is 1. The maximum Gasteiger partial charge on any atom is 0.223 e. The van der Waals surface area contributed by atoms with Crippen molar-refractivity contribution in [2.24, 2.45) is 5.41 Å². The highest BCUT2D eigenvalue weighted by Crippen LogP contribution is 2.22. The summed E-state index contributed by atoms with van der Waals surface area (Å²) in [5.41, 5.74) is -0.0214. The molecule has 16 heavy (non-hydrogen) atoms. The molecule has 94 valence electrons. The van der Waals surface area contributed by atoms with Crippen LogP contribution in [0.15, 0.2) is 0 Å². The van der Waals surface area contributed by atoms with Gasteiger partial charge < -0.3 is 4.90 Å². The minimum Gasteiger partial charge on any atom is -0.339 e. The van der Waals surface area contributed by atoms with E-state index in [4.69, 9.17) is 0 Å². The second-order valence-corrected chi connectivity index (χ2v) is 7.40. The number of rotatable bonds is 3. The molecule has 6 heteroatoms. The highest BCUT2D eigenvalue weighted by atomic mass is 32.2. The second kappa shape index (κ2) is 4.33. The van der Waals surface area contributed by atoms with E-state index in [-0.39, 0.29) is 17.4 Å². The van der Waals surface area contributed by atoms with Gasteiger partial charge in [0.2, 0.25) is 15.9 Å². The summed E-state index contributed by atoms with van der Waals surface area (Å²) in [5, 5.41) is 0. The van der Waals surface area contributed by atoms with Crippen molar-refractivity contribution in [3.05, 3.63) is 0 Å². The molecule has 0 unspecified atom stereocenters. The van der Waals surface area contributed by atoms with Gasteiger partial charge in [0, 0.05) is 19.5 Å². The highest BCUT2D eigenvalue weighted by molar-refractivity contribution is 7.88. The van der Waals surface area contributed by atoms with Crippen LogP contribution in [-0.4, -0.2) is 44.6 Å². The standard InChI is InChI=1S/C10H20N2O3S/c1-10(2,3)5-9(13)12-6-8(7-12)11-16(4,14)15/h8,11H,5-7H2,1-4H3. The molecule has 1 amide bonds. The summed E-state index contributed by atoms with van der Waals surface area (Å²) in [4.78, 5) is 13.4. The number of nitrogens with zero attached hydrogens (tertiary/aromatic N) is 1. The summed E-state index contributed by atoms with van der Waals surface area (Å²) in [6, 6.07) is -0.112. The third-order valence-corrected chi connectivity index (χ3v) is 3.06. The minimum absolute atomic E-state index is 0.0214. The van der Waals surface area contributed by atoms with Crippen LogP contribution in [0.5, 0.6) is 0 Å². The average Bonchev–Trinajstić information content (AvgIpc) is 1.89. The lowest BCUT2D eigenvalue weighted by atomic mass is 9.91. The Hall–Kier alpha value is -0.620. The van der Waals surface area contributed by atoms with E-state index in [9.17, 15) is 13.2 Å². The van der Waals surface area contributed by atoms with Gasteiger partial charge in [-0.3, -0.25) is 4.79 Å². The quantitative estimate of drug-likeness (QED) is 0.775. The first-order chi connectivity index (χ1) is 7.07. The van der Waals surface area contributed by atoms with Gasteiger partial charge in [0.25, 0.3) is 0 Å². The Morgan fingerprint density at radius 3 is 2.25 bits per heavy atom. The predicted octanol–water partition coefficient (Wildman–Crippen LogP) is 0.183. The maximum atomic E-state index is 11.7. The van der Waals surface area contributed by atoms with Gasteiger partial charge in [-0.15, -0.1) is 0 Å². The Morgan fingerprint density at radius 1 is 1.38 bits per heavy atom. The molecule has 1 fully saturated rings. The molecule has 0 saturated carbocycles. The molecule has 1 aliphatic rings. The van der Waals surface area contributed by atoms with Gasteiger partial charge >= 0.3 is 0 Å². The average molecular weight is 248 g/mol. The van der Waals surface area contributed by atoms with E-state index in [1.165, 1.54) is 0 Å². The van der Waals surface area contributed by atoms with Crippen LogP contribution in [0.4, 0.5) is 0 Å². The topological polar surface area (TPSA) is 66.5 Å². The number of sulfonamides is 1. The number of hydrogen-bond acceptors (Lipinski definition) is 3. The van der Waals surface area contributed by atoms with Crippen molar-refractivity contribution in [2.75, 3.05) is 19.3 Å². The number of amides is 1. The minimum atomic E-state index is -3.16. The maximum absolute atomic E-state index is 11.7. The summed E-state index contributed by atoms with van der Waals surface area (Å²) >= 11 is 0. The first-order valence-corrected chi connectivity index (χ1v) is 7.21. The number of likely N-dealkylation sites (tertiary alicyclic amines) is 1. The van der Waals surface area contributed by atoms with Gasteiger partial charge in [-0.25, -0.2) is 13.1 Å². The van der Waals surface area contributed by atoms with Gasteiger partial charge in [-0.1, -0.05) is 20.8 Å². The Bertz CT molecular complexity index is 364. The van der Waals surface area contributed by atoms with E-state index in [1.54, 1.807) is 4.90 Å². The third kappa shape index (κ3) is 4.49. The van der Waals surface area contributed by atoms with Crippen LogP contribution in [0.1, 0.15) is 27.2 Å². The van der Waals surface area contributed by atoms with E-state index < -0.39 is 10.0 Å². The molecule has 0 atom stereocenters. The van der Waals surface area contributed by atoms with Gasteiger partial charge in [-0.2, -0.15) is 0 Å². The molecule has 0 aliphatic carbocycles. The summed E-state index contributed by atoms with van der Waals surface area (Å²) in [7, 11) is -3.16. The predicted molar refractivity (Wildman–Crippen MR) is 62.4 cm³/mol. The van der Waals surface area contributed by atoms with Crippen LogP contribution in [0.3, 0.4) is 0 Å². The van der Waals surface area contributed by atoms with Crippen LogP contribution in [-0.2, 0) is 14.8 Å². The lowest BCUT2D eigenvalue weighted by molar-refractivity contribution is -0.137. The second-order valence-electron chi connectivity index (χ2n) is 5.62. The molecule has 1 aliphatic heterocycles.